The van der Waals surface area contributed by atoms with Gasteiger partial charge in [-0.3, -0.25) is 28.8 Å². The molecule has 1 aliphatic heterocycles. The highest BCUT2D eigenvalue weighted by Crippen LogP contribution is 2.36. The van der Waals surface area contributed by atoms with E-state index in [1.54, 1.807) is 0 Å². The number of urea groups is 1. The average molecular weight is 771 g/mol. The molecule has 0 aromatic rings. The molecule has 2 aliphatic carbocycles. The number of ketones is 3. The lowest BCUT2D eigenvalue weighted by Crippen LogP contribution is -2.61. The molecule has 8 atom stereocenters. The minimum absolute atomic E-state index is 0.0242. The Morgan fingerprint density at radius 3 is 2.15 bits per heavy atom. The van der Waals surface area contributed by atoms with E-state index in [1.807, 2.05) is 62.3 Å². The van der Waals surface area contributed by atoms with E-state index >= 15 is 0 Å². The lowest BCUT2D eigenvalue weighted by molar-refractivity contribution is -0.143. The lowest BCUT2D eigenvalue weighted by Gasteiger charge is -2.38. The van der Waals surface area contributed by atoms with Gasteiger partial charge < -0.3 is 31.4 Å². The maximum absolute atomic E-state index is 14.6. The van der Waals surface area contributed by atoms with E-state index in [0.29, 0.717) is 25.7 Å². The Hall–Kier alpha value is -4.10. The third-order valence-corrected chi connectivity index (χ3v) is 11.6. The van der Waals surface area contributed by atoms with Crippen molar-refractivity contribution >= 4 is 47.3 Å². The number of amides is 5. The van der Waals surface area contributed by atoms with Gasteiger partial charge in [0, 0.05) is 37.4 Å². The fraction of sp³-hybridized carbons (Fsp3) is 0.756. The van der Waals surface area contributed by atoms with Crippen molar-refractivity contribution in [2.45, 2.75) is 138 Å². The van der Waals surface area contributed by atoms with E-state index in [2.05, 4.69) is 33.0 Å². The molecular formula is C41H66N6O8. The van der Waals surface area contributed by atoms with E-state index in [0.717, 1.165) is 19.1 Å². The number of hydrogen-bond donors (Lipinski definition) is 5. The smallest absolute Gasteiger partial charge is 0.315 e. The third-order valence-electron chi connectivity index (χ3n) is 11.6. The van der Waals surface area contributed by atoms with Crippen LogP contribution in [0.25, 0.3) is 0 Å². The number of rotatable bonds is 16. The van der Waals surface area contributed by atoms with Crippen molar-refractivity contribution in [2.75, 3.05) is 13.1 Å². The topological polar surface area (TPSA) is 203 Å². The van der Waals surface area contributed by atoms with Crippen LogP contribution >= 0.6 is 0 Å². The summed E-state index contributed by atoms with van der Waals surface area (Å²) in [5.41, 5.74) is -1.32. The van der Waals surface area contributed by atoms with Gasteiger partial charge in [-0.2, -0.15) is 0 Å². The van der Waals surface area contributed by atoms with Crippen molar-refractivity contribution in [1.29, 1.82) is 0 Å². The molecule has 0 aromatic heterocycles. The highest BCUT2D eigenvalue weighted by molar-refractivity contribution is 6.38. The van der Waals surface area contributed by atoms with Crippen LogP contribution < -0.4 is 21.3 Å². The number of carbonyl (C=O) groups is 7. The van der Waals surface area contributed by atoms with Crippen LogP contribution in [0, 0.1) is 46.3 Å². The normalized spacial score (nSPS) is 25.2. The Labute approximate surface area is 326 Å². The third kappa shape index (κ3) is 12.2. The lowest BCUT2D eigenvalue weighted by atomic mass is 9.77. The second kappa shape index (κ2) is 19.2. The molecule has 1 saturated heterocycles. The predicted octanol–water partition coefficient (Wildman–Crippen LogP) is 4.19. The molecule has 0 bridgehead atoms. The number of Topliss-reactive ketones (excluding diaryl/α,β-unsaturated/α-hetero) is 3. The first-order valence-corrected chi connectivity index (χ1v) is 20.0. The van der Waals surface area contributed by atoms with Crippen LogP contribution in [0.5, 0.6) is 0 Å². The van der Waals surface area contributed by atoms with Crippen LogP contribution in [0.15, 0.2) is 17.8 Å². The first-order chi connectivity index (χ1) is 25.6. The second-order valence-corrected chi connectivity index (χ2v) is 18.3. The van der Waals surface area contributed by atoms with E-state index in [1.165, 1.54) is 11.0 Å². The van der Waals surface area contributed by atoms with E-state index in [9.17, 15) is 38.8 Å². The van der Waals surface area contributed by atoms with Crippen LogP contribution in [0.4, 0.5) is 4.79 Å². The number of nitrogens with zero attached hydrogens (tertiary/aromatic N) is 2. The van der Waals surface area contributed by atoms with Crippen LogP contribution in [0.3, 0.4) is 0 Å². The zero-order chi connectivity index (χ0) is 41.4. The monoisotopic (exact) mass is 770 g/mol. The van der Waals surface area contributed by atoms with Crippen LogP contribution in [0.1, 0.15) is 114 Å². The molecule has 3 fully saturated rings. The summed E-state index contributed by atoms with van der Waals surface area (Å²) < 4.78 is 0. The van der Waals surface area contributed by atoms with Gasteiger partial charge in [-0.25, -0.2) is 4.79 Å². The van der Waals surface area contributed by atoms with E-state index in [4.69, 9.17) is 0 Å². The molecule has 5 N–H and O–H groups in total. The number of oxime groups is 1. The quantitative estimate of drug-likeness (QED) is 0.0384. The van der Waals surface area contributed by atoms with Crippen molar-refractivity contribution < 1.29 is 38.8 Å². The minimum atomic E-state index is -1.06. The highest BCUT2D eigenvalue weighted by atomic mass is 16.4. The molecule has 0 spiro atoms. The van der Waals surface area contributed by atoms with E-state index < -0.39 is 82.3 Å². The predicted molar refractivity (Wildman–Crippen MR) is 209 cm³/mol. The maximum atomic E-state index is 14.6. The average Bonchev–Trinajstić information content (AvgIpc) is 3.82. The molecule has 308 valence electrons. The van der Waals surface area contributed by atoms with Crippen LogP contribution in [0.2, 0.25) is 0 Å². The van der Waals surface area contributed by atoms with Gasteiger partial charge in [0.05, 0.1) is 18.2 Å². The van der Waals surface area contributed by atoms with Crippen molar-refractivity contribution in [2.24, 2.45) is 51.5 Å². The summed E-state index contributed by atoms with van der Waals surface area (Å²) in [5.74, 6) is -4.43. The molecule has 3 rings (SSSR count). The van der Waals surface area contributed by atoms with Crippen LogP contribution in [-0.4, -0.2) is 94.7 Å². The summed E-state index contributed by atoms with van der Waals surface area (Å²) in [6.45, 7) is 21.1. The zero-order valence-corrected chi connectivity index (χ0v) is 34.4. The standard InChI is InChI=1S/C41H66N6O8/c1-11-17-42-37(52)34(50)29(18-24-13-14-24)44-36(51)30-19-26(23(3)4)22-47(30)38(53)35(41(8,9)10)46-39(54)45-32(40(5,6)7)20-25-15-16-31(48)27(12-2)28(21-43-55)33(25)49/h11,21,23-30,32,35,55H,1,12-20,22H2,2-10H3,(H,42,52)(H,44,51)(H2,45,46,54)/b43-21+/t25?,26-,27?,28?,29?,30+,32-,35-/m1/s1. The first-order valence-electron chi connectivity index (χ1n) is 20.0. The molecule has 0 aromatic carbocycles. The van der Waals surface area contributed by atoms with Crippen molar-refractivity contribution in [1.82, 2.24) is 26.2 Å². The zero-order valence-electron chi connectivity index (χ0n) is 34.4. The SMILES string of the molecule is C=CCNC(=O)C(=O)C(CC1CC1)NC(=O)[C@@H]1C[C@@H](C(C)C)CN1C(=O)[C@@H](NC(=O)N[C@H](CC1CCC(=O)C(CC)C(/C=N/O)C1=O)C(C)(C)C)C(C)(C)C. The molecule has 14 nitrogen and oxygen atoms in total. The maximum Gasteiger partial charge on any atom is 0.315 e. The fourth-order valence-corrected chi connectivity index (χ4v) is 7.78. The Morgan fingerprint density at radius 1 is 0.964 bits per heavy atom. The van der Waals surface area contributed by atoms with E-state index in [-0.39, 0.29) is 55.3 Å². The van der Waals surface area contributed by atoms with Gasteiger partial charge in [0.1, 0.15) is 23.7 Å². The Bertz CT molecular complexity index is 1480. The summed E-state index contributed by atoms with van der Waals surface area (Å²) in [6.07, 6.45) is 6.29. The molecule has 0 radical (unpaired) electrons. The van der Waals surface area contributed by atoms with Crippen molar-refractivity contribution in [3.63, 3.8) is 0 Å². The molecule has 4 unspecified atom stereocenters. The first kappa shape index (κ1) is 45.3. The van der Waals surface area contributed by atoms with Crippen molar-refractivity contribution in [3.05, 3.63) is 12.7 Å². The Kier molecular flexibility index (Phi) is 15.8. The Morgan fingerprint density at radius 2 is 1.62 bits per heavy atom. The van der Waals surface area contributed by atoms with Gasteiger partial charge in [0.15, 0.2) is 0 Å². The van der Waals surface area contributed by atoms with Gasteiger partial charge >= 0.3 is 6.03 Å². The molecule has 2 saturated carbocycles. The molecule has 14 heteroatoms. The second-order valence-electron chi connectivity index (χ2n) is 18.3. The van der Waals surface area contributed by atoms with Gasteiger partial charge in [-0.05, 0) is 60.7 Å². The molecular weight excluding hydrogens is 704 g/mol. The fourth-order valence-electron chi connectivity index (χ4n) is 7.78. The van der Waals surface area contributed by atoms with Gasteiger partial charge in [-0.15, -0.1) is 11.7 Å². The van der Waals surface area contributed by atoms with Gasteiger partial charge in [-0.1, -0.05) is 81.2 Å². The number of likely N-dealkylation sites (tertiary alicyclic amines) is 1. The molecule has 5 amide bonds. The highest BCUT2D eigenvalue weighted by Gasteiger charge is 2.47. The van der Waals surface area contributed by atoms with Gasteiger partial charge in [0.2, 0.25) is 17.6 Å². The largest absolute Gasteiger partial charge is 0.411 e. The minimum Gasteiger partial charge on any atom is -0.411 e. The summed E-state index contributed by atoms with van der Waals surface area (Å²) >= 11 is 0. The Balaban J connectivity index is 1.84. The molecule has 1 heterocycles. The summed E-state index contributed by atoms with van der Waals surface area (Å²) in [5, 5.41) is 23.7. The molecule has 55 heavy (non-hydrogen) atoms. The summed E-state index contributed by atoms with van der Waals surface area (Å²) in [6, 6.07) is -4.18. The van der Waals surface area contributed by atoms with Crippen molar-refractivity contribution in [3.8, 4) is 0 Å². The summed E-state index contributed by atoms with van der Waals surface area (Å²) in [4.78, 5) is 96.4. The van der Waals surface area contributed by atoms with Gasteiger partial charge in [0.25, 0.3) is 5.91 Å². The molecule has 3 aliphatic rings. The van der Waals surface area contributed by atoms with Crippen LogP contribution in [-0.2, 0) is 28.8 Å². The number of nitrogens with one attached hydrogen (secondary N) is 4. The summed E-state index contributed by atoms with van der Waals surface area (Å²) in [7, 11) is 0. The number of carbonyl (C=O) groups excluding carboxylic acids is 7. The number of hydrogen-bond acceptors (Lipinski definition) is 9.